The normalized spacial score (nSPS) is 14.0. The number of ether oxygens (including phenoxy) is 1. The van der Waals surface area contributed by atoms with Gasteiger partial charge in [0, 0.05) is 6.04 Å². The highest BCUT2D eigenvalue weighted by atomic mass is 16.5. The Morgan fingerprint density at radius 3 is 1.42 bits per heavy atom. The lowest BCUT2D eigenvalue weighted by Crippen LogP contribution is -2.40. The van der Waals surface area contributed by atoms with Crippen molar-refractivity contribution < 1.29 is 9.84 Å². The Labute approximate surface area is 155 Å². The Kier molecular flexibility index (Phi) is 5.84. The smallest absolute Gasteiger partial charge is 0.143 e. The summed E-state index contributed by atoms with van der Waals surface area (Å²) >= 11 is 0. The molecule has 0 amide bonds. The predicted octanol–water partition coefficient (Wildman–Crippen LogP) is 3.70. The molecule has 0 saturated heterocycles. The minimum Gasteiger partial charge on any atom is -0.389 e. The number of aliphatic hydroxyl groups is 1. The van der Waals surface area contributed by atoms with Crippen molar-refractivity contribution in [2.75, 3.05) is 6.61 Å². The molecule has 0 aromatic heterocycles. The molecule has 0 heterocycles. The van der Waals surface area contributed by atoms with Crippen LogP contribution < -0.4 is 5.73 Å². The van der Waals surface area contributed by atoms with E-state index in [0.717, 1.165) is 16.7 Å². The Morgan fingerprint density at radius 2 is 1.12 bits per heavy atom. The zero-order chi connectivity index (χ0) is 18.4. The lowest BCUT2D eigenvalue weighted by atomic mass is 9.80. The third-order valence-corrected chi connectivity index (χ3v) is 4.62. The van der Waals surface area contributed by atoms with Gasteiger partial charge in [-0.25, -0.2) is 0 Å². The molecule has 0 aliphatic heterocycles. The third kappa shape index (κ3) is 3.70. The number of benzene rings is 3. The summed E-state index contributed by atoms with van der Waals surface area (Å²) < 4.78 is 6.48. The second-order valence-corrected chi connectivity index (χ2v) is 6.52. The highest BCUT2D eigenvalue weighted by molar-refractivity contribution is 5.47. The third-order valence-electron chi connectivity index (χ3n) is 4.62. The highest BCUT2D eigenvalue weighted by Gasteiger charge is 2.38. The molecule has 3 aromatic rings. The van der Waals surface area contributed by atoms with Crippen LogP contribution in [0.4, 0.5) is 0 Å². The summed E-state index contributed by atoms with van der Waals surface area (Å²) in [7, 11) is 0. The number of nitrogens with two attached hydrogens (primary N) is 1. The molecule has 0 bridgehead atoms. The number of aliphatic hydroxyl groups excluding tert-OH is 1. The molecular formula is C23H25NO2. The van der Waals surface area contributed by atoms with Crippen LogP contribution in [-0.2, 0) is 10.3 Å². The first kappa shape index (κ1) is 18.3. The van der Waals surface area contributed by atoms with Crippen molar-refractivity contribution in [2.45, 2.75) is 24.7 Å². The minimum atomic E-state index is -0.820. The summed E-state index contributed by atoms with van der Waals surface area (Å²) in [6.07, 6.45) is -0.745. The summed E-state index contributed by atoms with van der Waals surface area (Å²) in [6.45, 7) is 1.92. The molecule has 2 atom stereocenters. The van der Waals surface area contributed by atoms with Gasteiger partial charge in [-0.2, -0.15) is 0 Å². The van der Waals surface area contributed by atoms with Gasteiger partial charge < -0.3 is 15.6 Å². The number of hydrogen-bond acceptors (Lipinski definition) is 3. The lowest BCUT2D eigenvalue weighted by molar-refractivity contribution is -0.0432. The summed E-state index contributed by atoms with van der Waals surface area (Å²) in [5.41, 5.74) is 8.06. The van der Waals surface area contributed by atoms with Crippen LogP contribution in [0.25, 0.3) is 0 Å². The summed E-state index contributed by atoms with van der Waals surface area (Å²) in [6, 6.07) is 29.9. The van der Waals surface area contributed by atoms with Gasteiger partial charge in [0.2, 0.25) is 0 Å². The average molecular weight is 347 g/mol. The molecular weight excluding hydrogens is 322 g/mol. The van der Waals surface area contributed by atoms with E-state index >= 15 is 0 Å². The van der Waals surface area contributed by atoms with E-state index in [1.807, 2.05) is 54.6 Å². The van der Waals surface area contributed by atoms with Crippen LogP contribution in [0.1, 0.15) is 23.6 Å². The summed E-state index contributed by atoms with van der Waals surface area (Å²) in [5.74, 6) is 0. The van der Waals surface area contributed by atoms with Gasteiger partial charge >= 0.3 is 0 Å². The van der Waals surface area contributed by atoms with Crippen LogP contribution in [0.3, 0.4) is 0 Å². The van der Waals surface area contributed by atoms with E-state index < -0.39 is 11.7 Å². The topological polar surface area (TPSA) is 55.5 Å². The number of rotatable bonds is 7. The van der Waals surface area contributed by atoms with E-state index in [-0.39, 0.29) is 12.6 Å². The van der Waals surface area contributed by atoms with Crippen molar-refractivity contribution in [2.24, 2.45) is 5.73 Å². The fraction of sp³-hybridized carbons (Fsp3) is 0.217. The zero-order valence-corrected chi connectivity index (χ0v) is 15.0. The predicted molar refractivity (Wildman–Crippen MR) is 105 cm³/mol. The van der Waals surface area contributed by atoms with Crippen molar-refractivity contribution in [1.82, 2.24) is 0 Å². The quantitative estimate of drug-likeness (QED) is 0.641. The Bertz CT molecular complexity index is 692. The van der Waals surface area contributed by atoms with Gasteiger partial charge in [0.15, 0.2) is 0 Å². The van der Waals surface area contributed by atoms with Crippen LogP contribution in [0, 0.1) is 0 Å². The largest absolute Gasteiger partial charge is 0.389 e. The molecule has 3 rings (SSSR count). The monoisotopic (exact) mass is 347 g/mol. The first-order chi connectivity index (χ1) is 12.6. The first-order valence-corrected chi connectivity index (χ1v) is 8.89. The summed E-state index contributed by atoms with van der Waals surface area (Å²) in [4.78, 5) is 0. The zero-order valence-electron chi connectivity index (χ0n) is 15.0. The second-order valence-electron chi connectivity index (χ2n) is 6.52. The summed E-state index contributed by atoms with van der Waals surface area (Å²) in [5, 5.41) is 10.3. The molecule has 0 radical (unpaired) electrons. The Hall–Kier alpha value is -2.46. The first-order valence-electron chi connectivity index (χ1n) is 8.89. The molecule has 3 heteroatoms. The second kappa shape index (κ2) is 8.28. The lowest BCUT2D eigenvalue weighted by Gasteiger charge is -2.37. The van der Waals surface area contributed by atoms with Crippen molar-refractivity contribution in [3.05, 3.63) is 108 Å². The van der Waals surface area contributed by atoms with E-state index in [0.29, 0.717) is 0 Å². The van der Waals surface area contributed by atoms with Crippen molar-refractivity contribution in [3.8, 4) is 0 Å². The molecule has 3 N–H and O–H groups in total. The van der Waals surface area contributed by atoms with Crippen LogP contribution in [0.5, 0.6) is 0 Å². The maximum Gasteiger partial charge on any atom is 0.143 e. The van der Waals surface area contributed by atoms with Gasteiger partial charge in [-0.15, -0.1) is 0 Å². The molecule has 0 aliphatic carbocycles. The minimum absolute atomic E-state index is 0.135. The van der Waals surface area contributed by atoms with E-state index in [4.69, 9.17) is 10.5 Å². The van der Waals surface area contributed by atoms with Gasteiger partial charge in [0.05, 0.1) is 12.7 Å². The maximum absolute atomic E-state index is 10.3. The molecule has 0 aliphatic rings. The van der Waals surface area contributed by atoms with Crippen molar-refractivity contribution >= 4 is 0 Å². The van der Waals surface area contributed by atoms with E-state index in [2.05, 4.69) is 36.4 Å². The fourth-order valence-electron chi connectivity index (χ4n) is 3.13. The van der Waals surface area contributed by atoms with Gasteiger partial charge in [-0.3, -0.25) is 0 Å². The van der Waals surface area contributed by atoms with Crippen LogP contribution in [0.15, 0.2) is 91.0 Å². The molecule has 0 unspecified atom stereocenters. The van der Waals surface area contributed by atoms with E-state index in [1.54, 1.807) is 6.92 Å². The Balaban J connectivity index is 2.18. The van der Waals surface area contributed by atoms with Crippen LogP contribution in [-0.4, -0.2) is 23.9 Å². The standard InChI is InChI=1S/C23H25NO2/c1-18(24)22(25)17-26-23(19-11-5-2-6-12-19,20-13-7-3-8-14-20)21-15-9-4-10-16-21/h2-16,18,22,25H,17,24H2,1H3/t18-,22+/m0/s1. The molecule has 3 nitrogen and oxygen atoms in total. The van der Waals surface area contributed by atoms with Gasteiger partial charge in [-0.05, 0) is 23.6 Å². The maximum atomic E-state index is 10.3. The van der Waals surface area contributed by atoms with Crippen molar-refractivity contribution in [3.63, 3.8) is 0 Å². The van der Waals surface area contributed by atoms with E-state index in [1.165, 1.54) is 0 Å². The molecule has 0 saturated carbocycles. The SMILES string of the molecule is C[C@H](N)[C@H](O)COC(c1ccccc1)(c1ccccc1)c1ccccc1. The van der Waals surface area contributed by atoms with Crippen LogP contribution >= 0.6 is 0 Å². The van der Waals surface area contributed by atoms with Crippen LogP contribution in [0.2, 0.25) is 0 Å². The Morgan fingerprint density at radius 1 is 0.769 bits per heavy atom. The molecule has 134 valence electrons. The number of hydrogen-bond donors (Lipinski definition) is 2. The van der Waals surface area contributed by atoms with Gasteiger partial charge in [0.25, 0.3) is 0 Å². The fourth-order valence-corrected chi connectivity index (χ4v) is 3.13. The molecule has 0 fully saturated rings. The van der Waals surface area contributed by atoms with E-state index in [9.17, 15) is 5.11 Å². The molecule has 3 aromatic carbocycles. The molecule has 26 heavy (non-hydrogen) atoms. The van der Waals surface area contributed by atoms with Gasteiger partial charge in [-0.1, -0.05) is 91.0 Å². The highest BCUT2D eigenvalue weighted by Crippen LogP contribution is 2.40. The van der Waals surface area contributed by atoms with Gasteiger partial charge in [0.1, 0.15) is 5.60 Å². The van der Waals surface area contributed by atoms with Crippen molar-refractivity contribution in [1.29, 1.82) is 0 Å². The average Bonchev–Trinajstić information content (AvgIpc) is 2.70. The molecule has 0 spiro atoms.